The summed E-state index contributed by atoms with van der Waals surface area (Å²) in [5.41, 5.74) is -0.997. The molecular formula is C8H8F3NO2S. The zero-order valence-corrected chi connectivity index (χ0v) is 8.56. The standard InChI is InChI=1S/C8H8F3NO2S/c1-15(13,14)5-7-4-6(2-3-12-7)8(9,10)11/h2-4H,5H2,1H3. The van der Waals surface area contributed by atoms with Crippen LogP contribution in [0.1, 0.15) is 11.3 Å². The Morgan fingerprint density at radius 3 is 2.47 bits per heavy atom. The van der Waals surface area contributed by atoms with Gasteiger partial charge in [0.05, 0.1) is 17.0 Å². The first-order valence-electron chi connectivity index (χ1n) is 3.88. The van der Waals surface area contributed by atoms with Gasteiger partial charge in [-0.1, -0.05) is 0 Å². The first-order valence-corrected chi connectivity index (χ1v) is 5.94. The minimum atomic E-state index is -4.48. The van der Waals surface area contributed by atoms with E-state index in [2.05, 4.69) is 4.98 Å². The second-order valence-electron chi connectivity index (χ2n) is 3.10. The number of aromatic nitrogens is 1. The lowest BCUT2D eigenvalue weighted by Crippen LogP contribution is -2.08. The van der Waals surface area contributed by atoms with E-state index in [1.807, 2.05) is 0 Å². The second kappa shape index (κ2) is 3.80. The summed E-state index contributed by atoms with van der Waals surface area (Å²) >= 11 is 0. The predicted molar refractivity (Wildman–Crippen MR) is 47.8 cm³/mol. The highest BCUT2D eigenvalue weighted by Crippen LogP contribution is 2.29. The molecule has 0 aliphatic rings. The maximum Gasteiger partial charge on any atom is 0.416 e. The van der Waals surface area contributed by atoms with E-state index in [4.69, 9.17) is 0 Å². The molecule has 15 heavy (non-hydrogen) atoms. The molecule has 1 aromatic heterocycles. The van der Waals surface area contributed by atoms with Gasteiger partial charge in [-0.15, -0.1) is 0 Å². The molecule has 0 unspecified atom stereocenters. The maximum absolute atomic E-state index is 12.2. The van der Waals surface area contributed by atoms with Gasteiger partial charge in [0.2, 0.25) is 0 Å². The lowest BCUT2D eigenvalue weighted by atomic mass is 10.2. The number of hydrogen-bond donors (Lipinski definition) is 0. The van der Waals surface area contributed by atoms with Crippen molar-refractivity contribution in [3.05, 3.63) is 29.6 Å². The van der Waals surface area contributed by atoms with Crippen LogP contribution in [0.2, 0.25) is 0 Å². The third-order valence-electron chi connectivity index (χ3n) is 1.55. The number of pyridine rings is 1. The van der Waals surface area contributed by atoms with Crippen molar-refractivity contribution in [2.75, 3.05) is 6.26 Å². The molecule has 0 saturated carbocycles. The zero-order chi connectivity index (χ0) is 11.7. The summed E-state index contributed by atoms with van der Waals surface area (Å²) in [4.78, 5) is 3.56. The second-order valence-corrected chi connectivity index (χ2v) is 5.24. The van der Waals surface area contributed by atoms with E-state index in [9.17, 15) is 21.6 Å². The van der Waals surface area contributed by atoms with Gasteiger partial charge in [-0.2, -0.15) is 13.2 Å². The Hall–Kier alpha value is -1.11. The molecule has 0 bridgehead atoms. The van der Waals surface area contributed by atoms with Crippen LogP contribution in [0.25, 0.3) is 0 Å². The Labute approximate surface area is 84.9 Å². The van der Waals surface area contributed by atoms with Gasteiger partial charge < -0.3 is 0 Å². The van der Waals surface area contributed by atoms with Gasteiger partial charge in [0.15, 0.2) is 9.84 Å². The largest absolute Gasteiger partial charge is 0.416 e. The maximum atomic E-state index is 12.2. The van der Waals surface area contributed by atoms with Crippen molar-refractivity contribution in [2.24, 2.45) is 0 Å². The Kier molecular flexibility index (Phi) is 3.03. The molecule has 3 nitrogen and oxygen atoms in total. The molecule has 0 atom stereocenters. The van der Waals surface area contributed by atoms with Crippen LogP contribution in [-0.2, 0) is 21.8 Å². The van der Waals surface area contributed by atoms with Crippen molar-refractivity contribution in [1.82, 2.24) is 4.98 Å². The van der Waals surface area contributed by atoms with E-state index < -0.39 is 27.3 Å². The lowest BCUT2D eigenvalue weighted by Gasteiger charge is -2.07. The van der Waals surface area contributed by atoms with E-state index in [0.29, 0.717) is 0 Å². The highest BCUT2D eigenvalue weighted by molar-refractivity contribution is 7.89. The van der Waals surface area contributed by atoms with Crippen LogP contribution in [0.3, 0.4) is 0 Å². The molecule has 1 rings (SSSR count). The molecule has 84 valence electrons. The first kappa shape index (κ1) is 12.0. The Balaban J connectivity index is 3.04. The van der Waals surface area contributed by atoms with E-state index in [1.165, 1.54) is 0 Å². The smallest absolute Gasteiger partial charge is 0.260 e. The van der Waals surface area contributed by atoms with Gasteiger partial charge in [0.1, 0.15) is 0 Å². The minimum Gasteiger partial charge on any atom is -0.260 e. The highest BCUT2D eigenvalue weighted by atomic mass is 32.2. The van der Waals surface area contributed by atoms with Gasteiger partial charge in [0, 0.05) is 12.5 Å². The number of sulfone groups is 1. The summed E-state index contributed by atoms with van der Waals surface area (Å²) in [5.74, 6) is -0.489. The van der Waals surface area contributed by atoms with E-state index in [1.54, 1.807) is 0 Å². The third kappa shape index (κ3) is 3.86. The van der Waals surface area contributed by atoms with Crippen molar-refractivity contribution < 1.29 is 21.6 Å². The van der Waals surface area contributed by atoms with Gasteiger partial charge >= 0.3 is 6.18 Å². The molecule has 0 aliphatic carbocycles. The van der Waals surface area contributed by atoms with Crippen LogP contribution in [0.15, 0.2) is 18.3 Å². The number of nitrogens with zero attached hydrogens (tertiary/aromatic N) is 1. The summed E-state index contributed by atoms with van der Waals surface area (Å²) in [6, 6.07) is 1.53. The van der Waals surface area contributed by atoms with E-state index in [0.717, 1.165) is 24.6 Å². The Bertz CT molecular complexity index is 453. The van der Waals surface area contributed by atoms with E-state index in [-0.39, 0.29) is 5.69 Å². The molecule has 0 spiro atoms. The number of alkyl halides is 3. The fourth-order valence-electron chi connectivity index (χ4n) is 1.00. The van der Waals surface area contributed by atoms with Gasteiger partial charge in [-0.05, 0) is 12.1 Å². The van der Waals surface area contributed by atoms with Crippen molar-refractivity contribution in [3.63, 3.8) is 0 Å². The molecule has 0 amide bonds. The fourth-order valence-corrected chi connectivity index (χ4v) is 1.70. The van der Waals surface area contributed by atoms with Crippen molar-refractivity contribution >= 4 is 9.84 Å². The molecule has 1 heterocycles. The topological polar surface area (TPSA) is 47.0 Å². The average Bonchev–Trinajstić information content (AvgIpc) is 1.99. The molecule has 0 radical (unpaired) electrons. The molecule has 0 aliphatic heterocycles. The fraction of sp³-hybridized carbons (Fsp3) is 0.375. The van der Waals surface area contributed by atoms with Crippen LogP contribution in [0, 0.1) is 0 Å². The zero-order valence-electron chi connectivity index (χ0n) is 7.75. The highest BCUT2D eigenvalue weighted by Gasteiger charge is 2.30. The van der Waals surface area contributed by atoms with Gasteiger partial charge in [0.25, 0.3) is 0 Å². The summed E-state index contributed by atoms with van der Waals surface area (Å²) in [6.45, 7) is 0. The molecule has 0 saturated heterocycles. The molecule has 1 aromatic rings. The van der Waals surface area contributed by atoms with Crippen LogP contribution in [-0.4, -0.2) is 19.7 Å². The normalized spacial score (nSPS) is 12.8. The van der Waals surface area contributed by atoms with Crippen LogP contribution in [0.5, 0.6) is 0 Å². The SMILES string of the molecule is CS(=O)(=O)Cc1cc(C(F)(F)F)ccn1. The van der Waals surface area contributed by atoms with Crippen molar-refractivity contribution in [2.45, 2.75) is 11.9 Å². The number of halogens is 3. The quantitative estimate of drug-likeness (QED) is 0.788. The first-order chi connectivity index (χ1) is 6.68. The molecule has 0 fully saturated rings. The summed E-state index contributed by atoms with van der Waals surface area (Å²) in [5, 5.41) is 0. The van der Waals surface area contributed by atoms with Crippen LogP contribution in [0.4, 0.5) is 13.2 Å². The van der Waals surface area contributed by atoms with Gasteiger partial charge in [-0.25, -0.2) is 8.42 Å². The number of rotatable bonds is 2. The van der Waals surface area contributed by atoms with Crippen molar-refractivity contribution in [1.29, 1.82) is 0 Å². The molecule has 0 N–H and O–H groups in total. The Morgan fingerprint density at radius 1 is 1.40 bits per heavy atom. The third-order valence-corrected chi connectivity index (χ3v) is 2.37. The van der Waals surface area contributed by atoms with Crippen molar-refractivity contribution in [3.8, 4) is 0 Å². The summed E-state index contributed by atoms with van der Waals surface area (Å²) in [6.07, 6.45) is -2.59. The molecular weight excluding hydrogens is 231 g/mol. The van der Waals surface area contributed by atoms with Gasteiger partial charge in [-0.3, -0.25) is 4.98 Å². The average molecular weight is 239 g/mol. The van der Waals surface area contributed by atoms with E-state index >= 15 is 0 Å². The minimum absolute atomic E-state index is 0.104. The number of hydrogen-bond acceptors (Lipinski definition) is 3. The molecule has 0 aromatic carbocycles. The van der Waals surface area contributed by atoms with Crippen LogP contribution < -0.4 is 0 Å². The summed E-state index contributed by atoms with van der Waals surface area (Å²) in [7, 11) is -3.37. The lowest BCUT2D eigenvalue weighted by molar-refractivity contribution is -0.137. The Morgan fingerprint density at radius 2 is 2.00 bits per heavy atom. The predicted octanol–water partition coefficient (Wildman–Crippen LogP) is 1.65. The molecule has 7 heteroatoms. The summed E-state index contributed by atoms with van der Waals surface area (Å²) < 4.78 is 58.4. The monoisotopic (exact) mass is 239 g/mol. The van der Waals surface area contributed by atoms with Crippen LogP contribution >= 0.6 is 0 Å².